The van der Waals surface area contributed by atoms with Gasteiger partial charge in [0.2, 0.25) is 5.75 Å². The van der Waals surface area contributed by atoms with Crippen molar-refractivity contribution in [1.82, 2.24) is 4.90 Å². The number of benzene rings is 1. The Morgan fingerprint density at radius 1 is 1.45 bits per heavy atom. The summed E-state index contributed by atoms with van der Waals surface area (Å²) in [4.78, 5) is 23.6. The van der Waals surface area contributed by atoms with Gasteiger partial charge in [-0.05, 0) is 32.4 Å². The molecule has 0 saturated carbocycles. The molecule has 1 saturated heterocycles. The fourth-order valence-corrected chi connectivity index (χ4v) is 2.37. The van der Waals surface area contributed by atoms with Crippen LogP contribution in [0.25, 0.3) is 0 Å². The maximum Gasteiger partial charge on any atom is 0.410 e. The molecule has 1 aromatic rings. The van der Waals surface area contributed by atoms with E-state index in [1.807, 2.05) is 0 Å². The van der Waals surface area contributed by atoms with Crippen LogP contribution in [0.2, 0.25) is 5.02 Å². The number of hydrogen-bond donors (Lipinski definition) is 1. The number of aromatic hydroxyl groups is 1. The van der Waals surface area contributed by atoms with Gasteiger partial charge in [-0.2, -0.15) is 0 Å². The SMILES string of the molecule is CC(C)(C)OC(=O)N1CC(c2cc(Cl)c(O)c([N+](=O)[O-])c2)C1. The number of nitro groups is 1. The van der Waals surface area contributed by atoms with Crippen molar-refractivity contribution < 1.29 is 19.6 Å². The number of ether oxygens (including phenoxy) is 1. The number of carbonyl (C=O) groups excluding carboxylic acids is 1. The van der Waals surface area contributed by atoms with Crippen LogP contribution >= 0.6 is 11.6 Å². The molecule has 7 nitrogen and oxygen atoms in total. The largest absolute Gasteiger partial charge is 0.501 e. The van der Waals surface area contributed by atoms with Crippen LogP contribution in [-0.2, 0) is 4.74 Å². The maximum atomic E-state index is 11.8. The number of carbonyl (C=O) groups is 1. The maximum absolute atomic E-state index is 11.8. The summed E-state index contributed by atoms with van der Waals surface area (Å²) in [6.45, 7) is 6.14. The fourth-order valence-electron chi connectivity index (χ4n) is 2.14. The van der Waals surface area contributed by atoms with Crippen LogP contribution < -0.4 is 0 Å². The number of amides is 1. The number of rotatable bonds is 2. The van der Waals surface area contributed by atoms with Crippen molar-refractivity contribution in [2.24, 2.45) is 0 Å². The minimum absolute atomic E-state index is 0.0654. The average molecular weight is 329 g/mol. The van der Waals surface area contributed by atoms with Crippen LogP contribution in [0.5, 0.6) is 5.75 Å². The molecular formula is C14H17ClN2O5. The van der Waals surface area contributed by atoms with Crippen LogP contribution in [0.1, 0.15) is 32.3 Å². The quantitative estimate of drug-likeness (QED) is 0.664. The van der Waals surface area contributed by atoms with Gasteiger partial charge in [0.25, 0.3) is 0 Å². The van der Waals surface area contributed by atoms with E-state index < -0.39 is 28.1 Å². The Morgan fingerprint density at radius 3 is 2.55 bits per heavy atom. The zero-order chi connectivity index (χ0) is 16.7. The number of nitro benzene ring substituents is 1. The van der Waals surface area contributed by atoms with Gasteiger partial charge in [0, 0.05) is 25.1 Å². The molecule has 1 aliphatic heterocycles. The molecule has 120 valence electrons. The van der Waals surface area contributed by atoms with E-state index >= 15 is 0 Å². The molecule has 0 atom stereocenters. The lowest BCUT2D eigenvalue weighted by Gasteiger charge is -2.40. The molecule has 1 N–H and O–H groups in total. The monoisotopic (exact) mass is 328 g/mol. The lowest BCUT2D eigenvalue weighted by molar-refractivity contribution is -0.385. The van der Waals surface area contributed by atoms with Gasteiger partial charge in [-0.3, -0.25) is 10.1 Å². The number of phenolic OH excluding ortho intramolecular Hbond substituents is 1. The van der Waals surface area contributed by atoms with Crippen molar-refractivity contribution in [2.75, 3.05) is 13.1 Å². The van der Waals surface area contributed by atoms with Crippen molar-refractivity contribution in [2.45, 2.75) is 32.3 Å². The highest BCUT2D eigenvalue weighted by Gasteiger charge is 2.36. The zero-order valence-electron chi connectivity index (χ0n) is 12.5. The molecule has 1 aromatic carbocycles. The summed E-state index contributed by atoms with van der Waals surface area (Å²) in [6, 6.07) is 2.78. The summed E-state index contributed by atoms with van der Waals surface area (Å²) in [5.74, 6) is -0.608. The van der Waals surface area contributed by atoms with Gasteiger partial charge >= 0.3 is 11.8 Å². The smallest absolute Gasteiger partial charge is 0.410 e. The first-order valence-corrected chi connectivity index (χ1v) is 7.11. The number of phenols is 1. The van der Waals surface area contributed by atoms with Crippen molar-refractivity contribution in [1.29, 1.82) is 0 Å². The van der Waals surface area contributed by atoms with E-state index in [0.29, 0.717) is 18.7 Å². The summed E-state index contributed by atoms with van der Waals surface area (Å²) in [6.07, 6.45) is -0.414. The predicted octanol–water partition coefficient (Wildman–Crippen LogP) is 3.29. The highest BCUT2D eigenvalue weighted by molar-refractivity contribution is 6.32. The molecule has 0 aliphatic carbocycles. The molecular weight excluding hydrogens is 312 g/mol. The van der Waals surface area contributed by atoms with E-state index in [-0.39, 0.29) is 10.9 Å². The molecule has 1 heterocycles. The van der Waals surface area contributed by atoms with Gasteiger partial charge in [0.15, 0.2) is 0 Å². The fraction of sp³-hybridized carbons (Fsp3) is 0.500. The Bertz CT molecular complexity index is 620. The van der Waals surface area contributed by atoms with Crippen molar-refractivity contribution in [3.05, 3.63) is 32.8 Å². The van der Waals surface area contributed by atoms with Gasteiger partial charge in [-0.15, -0.1) is 0 Å². The van der Waals surface area contributed by atoms with E-state index in [9.17, 15) is 20.0 Å². The number of halogens is 1. The number of likely N-dealkylation sites (tertiary alicyclic amines) is 1. The first kappa shape index (κ1) is 16.4. The van der Waals surface area contributed by atoms with Crippen LogP contribution in [-0.4, -0.2) is 39.7 Å². The summed E-state index contributed by atoms with van der Waals surface area (Å²) in [7, 11) is 0. The lowest BCUT2D eigenvalue weighted by atomic mass is 9.91. The molecule has 0 unspecified atom stereocenters. The minimum Gasteiger partial charge on any atom is -0.501 e. The van der Waals surface area contributed by atoms with Gasteiger partial charge < -0.3 is 14.7 Å². The Hall–Kier alpha value is -2.02. The van der Waals surface area contributed by atoms with Crippen molar-refractivity contribution in [3.63, 3.8) is 0 Å². The first-order chi connectivity index (χ1) is 10.1. The van der Waals surface area contributed by atoms with Gasteiger partial charge in [-0.25, -0.2) is 4.79 Å². The van der Waals surface area contributed by atoms with Gasteiger partial charge in [0.05, 0.1) is 9.95 Å². The number of hydrogen-bond acceptors (Lipinski definition) is 5. The van der Waals surface area contributed by atoms with Crippen molar-refractivity contribution in [3.8, 4) is 5.75 Å². The van der Waals surface area contributed by atoms with Crippen LogP contribution in [0, 0.1) is 10.1 Å². The average Bonchev–Trinajstić information content (AvgIpc) is 2.28. The van der Waals surface area contributed by atoms with E-state index in [1.54, 1.807) is 20.8 Å². The third-order valence-corrected chi connectivity index (χ3v) is 3.56. The Balaban J connectivity index is 2.08. The Labute approximate surface area is 132 Å². The van der Waals surface area contributed by atoms with Crippen LogP contribution in [0.15, 0.2) is 12.1 Å². The molecule has 1 fully saturated rings. The highest BCUT2D eigenvalue weighted by atomic mass is 35.5. The molecule has 2 rings (SSSR count). The highest BCUT2D eigenvalue weighted by Crippen LogP contribution is 2.39. The second-order valence-electron chi connectivity index (χ2n) is 6.21. The third kappa shape index (κ3) is 3.41. The molecule has 0 aromatic heterocycles. The van der Waals surface area contributed by atoms with Crippen LogP contribution in [0.4, 0.5) is 10.5 Å². The Kier molecular flexibility index (Phi) is 4.19. The summed E-state index contributed by atoms with van der Waals surface area (Å²) < 4.78 is 5.24. The standard InChI is InChI=1S/C14H17ClN2O5/c1-14(2,3)22-13(19)16-6-9(7-16)8-4-10(15)12(18)11(5-8)17(20)21/h4-5,9,18H,6-7H2,1-3H3. The van der Waals surface area contributed by atoms with Crippen molar-refractivity contribution >= 4 is 23.4 Å². The predicted molar refractivity (Wildman–Crippen MR) is 80.3 cm³/mol. The zero-order valence-corrected chi connectivity index (χ0v) is 13.3. The van der Waals surface area contributed by atoms with E-state index in [2.05, 4.69) is 0 Å². The second kappa shape index (κ2) is 5.64. The van der Waals surface area contributed by atoms with Gasteiger partial charge in [-0.1, -0.05) is 11.6 Å². The van der Waals surface area contributed by atoms with E-state index in [1.165, 1.54) is 17.0 Å². The molecule has 0 bridgehead atoms. The molecule has 0 radical (unpaired) electrons. The molecule has 8 heteroatoms. The lowest BCUT2D eigenvalue weighted by Crippen LogP contribution is -2.50. The molecule has 22 heavy (non-hydrogen) atoms. The summed E-state index contributed by atoms with van der Waals surface area (Å²) >= 11 is 5.81. The normalized spacial score (nSPS) is 15.4. The second-order valence-corrected chi connectivity index (χ2v) is 6.62. The molecule has 0 spiro atoms. The minimum atomic E-state index is -0.686. The topological polar surface area (TPSA) is 92.9 Å². The summed E-state index contributed by atoms with van der Waals surface area (Å²) in [5, 5.41) is 20.4. The van der Waals surface area contributed by atoms with E-state index in [4.69, 9.17) is 16.3 Å². The third-order valence-electron chi connectivity index (χ3n) is 3.27. The van der Waals surface area contributed by atoms with Gasteiger partial charge in [0.1, 0.15) is 5.60 Å². The summed E-state index contributed by atoms with van der Waals surface area (Å²) in [5.41, 5.74) is -0.379. The first-order valence-electron chi connectivity index (χ1n) is 6.73. The molecule has 1 amide bonds. The molecule has 1 aliphatic rings. The number of nitrogens with zero attached hydrogens (tertiary/aromatic N) is 2. The van der Waals surface area contributed by atoms with E-state index in [0.717, 1.165) is 0 Å². The Morgan fingerprint density at radius 2 is 2.05 bits per heavy atom. The van der Waals surface area contributed by atoms with Crippen LogP contribution in [0.3, 0.4) is 0 Å².